The summed E-state index contributed by atoms with van der Waals surface area (Å²) in [6.07, 6.45) is 0.389. The molecule has 2 nitrogen and oxygen atoms in total. The lowest BCUT2D eigenvalue weighted by atomic mass is 10.1. The zero-order chi connectivity index (χ0) is 15.1. The molecule has 0 saturated heterocycles. The summed E-state index contributed by atoms with van der Waals surface area (Å²) in [5.74, 6) is 5.95. The zero-order valence-electron chi connectivity index (χ0n) is 11.9. The number of hydrogen-bond acceptors (Lipinski definition) is 2. The average Bonchev–Trinajstić information content (AvgIpc) is 2.48. The van der Waals surface area contributed by atoms with Gasteiger partial charge in [0.05, 0.1) is 6.61 Å². The molecule has 0 bridgehead atoms. The summed E-state index contributed by atoms with van der Waals surface area (Å²) in [4.78, 5) is 0. The number of benzene rings is 2. The molecule has 21 heavy (non-hydrogen) atoms. The SMILES string of the molecule is Cc1ccc(OCc2ccc(C#CCCO)cc2F)cc1. The highest BCUT2D eigenvalue weighted by Gasteiger charge is 2.04. The van der Waals surface area contributed by atoms with Crippen LogP contribution in [0.4, 0.5) is 4.39 Å². The van der Waals surface area contributed by atoms with Crippen molar-refractivity contribution in [3.05, 3.63) is 65.0 Å². The predicted molar refractivity (Wildman–Crippen MR) is 80.5 cm³/mol. The first-order valence-electron chi connectivity index (χ1n) is 6.76. The number of aliphatic hydroxyl groups excluding tert-OH is 1. The van der Waals surface area contributed by atoms with Crippen LogP contribution in [0.1, 0.15) is 23.1 Å². The third kappa shape index (κ3) is 4.62. The number of aryl methyl sites for hydroxylation is 1. The summed E-state index contributed by atoms with van der Waals surface area (Å²) in [5.41, 5.74) is 2.24. The van der Waals surface area contributed by atoms with Gasteiger partial charge in [-0.1, -0.05) is 35.6 Å². The van der Waals surface area contributed by atoms with E-state index in [2.05, 4.69) is 11.8 Å². The topological polar surface area (TPSA) is 29.5 Å². The van der Waals surface area contributed by atoms with Crippen LogP contribution in [0.5, 0.6) is 5.75 Å². The molecule has 2 rings (SSSR count). The van der Waals surface area contributed by atoms with Crippen LogP contribution in [0, 0.1) is 24.6 Å². The zero-order valence-corrected chi connectivity index (χ0v) is 11.9. The molecule has 0 unspecified atom stereocenters. The Morgan fingerprint density at radius 3 is 2.57 bits per heavy atom. The van der Waals surface area contributed by atoms with Gasteiger partial charge in [0.1, 0.15) is 18.2 Å². The van der Waals surface area contributed by atoms with Crippen molar-refractivity contribution in [2.24, 2.45) is 0 Å². The largest absolute Gasteiger partial charge is 0.489 e. The van der Waals surface area contributed by atoms with E-state index in [0.29, 0.717) is 23.3 Å². The van der Waals surface area contributed by atoms with Crippen molar-refractivity contribution in [1.29, 1.82) is 0 Å². The van der Waals surface area contributed by atoms with Gasteiger partial charge < -0.3 is 9.84 Å². The maximum Gasteiger partial charge on any atom is 0.131 e. The fourth-order valence-electron chi connectivity index (χ4n) is 1.76. The number of hydrogen-bond donors (Lipinski definition) is 1. The number of halogens is 1. The first-order chi connectivity index (χ1) is 10.2. The van der Waals surface area contributed by atoms with Crippen LogP contribution in [0.25, 0.3) is 0 Å². The van der Waals surface area contributed by atoms with Crippen LogP contribution < -0.4 is 4.74 Å². The lowest BCUT2D eigenvalue weighted by Gasteiger charge is -2.07. The van der Waals surface area contributed by atoms with E-state index in [1.165, 1.54) is 6.07 Å². The molecule has 108 valence electrons. The minimum atomic E-state index is -0.335. The van der Waals surface area contributed by atoms with Crippen molar-refractivity contribution in [3.63, 3.8) is 0 Å². The Morgan fingerprint density at radius 1 is 1.14 bits per heavy atom. The second-order valence-corrected chi connectivity index (χ2v) is 4.68. The van der Waals surface area contributed by atoms with E-state index in [1.54, 1.807) is 12.1 Å². The van der Waals surface area contributed by atoms with Crippen LogP contribution in [0.3, 0.4) is 0 Å². The van der Waals surface area contributed by atoms with Gasteiger partial charge in [-0.25, -0.2) is 4.39 Å². The molecule has 2 aromatic rings. The summed E-state index contributed by atoms with van der Waals surface area (Å²) < 4.78 is 19.5. The molecule has 2 aromatic carbocycles. The van der Waals surface area contributed by atoms with E-state index in [-0.39, 0.29) is 19.0 Å². The second-order valence-electron chi connectivity index (χ2n) is 4.68. The Morgan fingerprint density at radius 2 is 1.90 bits per heavy atom. The van der Waals surface area contributed by atoms with Crippen LogP contribution >= 0.6 is 0 Å². The molecule has 0 atom stereocenters. The van der Waals surface area contributed by atoms with Crippen LogP contribution in [-0.4, -0.2) is 11.7 Å². The minimum Gasteiger partial charge on any atom is -0.489 e. The van der Waals surface area contributed by atoms with E-state index < -0.39 is 0 Å². The van der Waals surface area contributed by atoms with Gasteiger partial charge in [0, 0.05) is 17.5 Å². The maximum atomic E-state index is 13.9. The Labute approximate surface area is 124 Å². The van der Waals surface area contributed by atoms with Gasteiger partial charge >= 0.3 is 0 Å². The van der Waals surface area contributed by atoms with Gasteiger partial charge in [-0.05, 0) is 31.2 Å². The molecule has 0 aromatic heterocycles. The van der Waals surface area contributed by atoms with Crippen molar-refractivity contribution in [2.45, 2.75) is 20.0 Å². The molecular weight excluding hydrogens is 267 g/mol. The standard InChI is InChI=1S/C18H17FO2/c1-14-5-9-17(10-6-14)21-13-16-8-7-15(12-18(16)19)4-2-3-11-20/h5-10,12,20H,3,11,13H2,1H3. The van der Waals surface area contributed by atoms with Crippen LogP contribution in [0.2, 0.25) is 0 Å². The smallest absolute Gasteiger partial charge is 0.131 e. The van der Waals surface area contributed by atoms with Gasteiger partial charge in [0.15, 0.2) is 0 Å². The number of aliphatic hydroxyl groups is 1. The summed E-state index contributed by atoms with van der Waals surface area (Å²) in [7, 11) is 0. The van der Waals surface area contributed by atoms with E-state index in [1.807, 2.05) is 31.2 Å². The average molecular weight is 284 g/mol. The molecule has 3 heteroatoms. The lowest BCUT2D eigenvalue weighted by Crippen LogP contribution is -1.99. The van der Waals surface area contributed by atoms with Gasteiger partial charge in [0.2, 0.25) is 0 Å². The summed E-state index contributed by atoms with van der Waals surface area (Å²) in [6.45, 7) is 2.19. The van der Waals surface area contributed by atoms with Gasteiger partial charge in [-0.15, -0.1) is 0 Å². The molecule has 0 aliphatic heterocycles. The molecule has 0 amide bonds. The quantitative estimate of drug-likeness (QED) is 0.871. The fraction of sp³-hybridized carbons (Fsp3) is 0.222. The molecule has 0 fully saturated rings. The molecule has 0 aliphatic rings. The molecule has 0 heterocycles. The van der Waals surface area contributed by atoms with E-state index in [4.69, 9.17) is 9.84 Å². The van der Waals surface area contributed by atoms with Gasteiger partial charge in [-0.2, -0.15) is 0 Å². The number of rotatable bonds is 4. The Bertz CT molecular complexity index is 651. The van der Waals surface area contributed by atoms with Gasteiger partial charge in [0.25, 0.3) is 0 Å². The highest BCUT2D eigenvalue weighted by atomic mass is 19.1. The highest BCUT2D eigenvalue weighted by Crippen LogP contribution is 2.16. The first kappa shape index (κ1) is 15.1. The minimum absolute atomic E-state index is 0.0119. The molecule has 0 spiro atoms. The molecule has 0 aliphatic carbocycles. The van der Waals surface area contributed by atoms with E-state index >= 15 is 0 Å². The van der Waals surface area contributed by atoms with Crippen molar-refractivity contribution in [2.75, 3.05) is 6.61 Å². The summed E-state index contributed by atoms with van der Waals surface area (Å²) in [5, 5.41) is 8.65. The first-order valence-corrected chi connectivity index (χ1v) is 6.76. The van der Waals surface area contributed by atoms with Crippen molar-refractivity contribution < 1.29 is 14.2 Å². The fourth-order valence-corrected chi connectivity index (χ4v) is 1.76. The van der Waals surface area contributed by atoms with Crippen molar-refractivity contribution in [3.8, 4) is 17.6 Å². The van der Waals surface area contributed by atoms with Crippen molar-refractivity contribution in [1.82, 2.24) is 0 Å². The predicted octanol–water partition coefficient (Wildman–Crippen LogP) is 3.45. The van der Waals surface area contributed by atoms with Crippen LogP contribution in [-0.2, 0) is 6.61 Å². The monoisotopic (exact) mass is 284 g/mol. The molecule has 0 saturated carbocycles. The normalized spacial score (nSPS) is 9.86. The third-order valence-electron chi connectivity index (χ3n) is 2.94. The van der Waals surface area contributed by atoms with Gasteiger partial charge in [-0.3, -0.25) is 0 Å². The second kappa shape index (κ2) is 7.47. The van der Waals surface area contributed by atoms with Crippen LogP contribution in [0.15, 0.2) is 42.5 Å². The maximum absolute atomic E-state index is 13.9. The Balaban J connectivity index is 2.01. The van der Waals surface area contributed by atoms with E-state index in [9.17, 15) is 4.39 Å². The number of ether oxygens (including phenoxy) is 1. The third-order valence-corrected chi connectivity index (χ3v) is 2.94. The lowest BCUT2D eigenvalue weighted by molar-refractivity contribution is 0.300. The highest BCUT2D eigenvalue weighted by molar-refractivity contribution is 5.37. The van der Waals surface area contributed by atoms with Crippen molar-refractivity contribution >= 4 is 0 Å². The molecular formula is C18H17FO2. The summed E-state index contributed by atoms with van der Waals surface area (Å²) >= 11 is 0. The Kier molecular flexibility index (Phi) is 5.36. The Hall–Kier alpha value is -2.31. The molecule has 1 N–H and O–H groups in total. The van der Waals surface area contributed by atoms with E-state index in [0.717, 1.165) is 5.56 Å². The molecule has 0 radical (unpaired) electrons. The summed E-state index contributed by atoms with van der Waals surface area (Å²) in [6, 6.07) is 12.4.